The van der Waals surface area contributed by atoms with Crippen LogP contribution in [0.25, 0.3) is 22.0 Å². The molecule has 5 rings (SSSR count). The third-order valence-electron chi connectivity index (χ3n) is 6.26. The number of aryl methyl sites for hydroxylation is 1. The number of rotatable bonds is 4. The van der Waals surface area contributed by atoms with Crippen molar-refractivity contribution in [2.75, 3.05) is 21.9 Å². The van der Waals surface area contributed by atoms with Crippen molar-refractivity contribution in [1.29, 1.82) is 0 Å². The first kappa shape index (κ1) is 23.0. The van der Waals surface area contributed by atoms with Crippen molar-refractivity contribution < 1.29 is 17.6 Å². The average molecular weight is 490 g/mol. The van der Waals surface area contributed by atoms with E-state index in [1.165, 1.54) is 16.4 Å². The lowest BCUT2D eigenvalue weighted by Crippen LogP contribution is -2.37. The van der Waals surface area contributed by atoms with E-state index in [1.54, 1.807) is 12.3 Å². The van der Waals surface area contributed by atoms with Gasteiger partial charge in [-0.15, -0.1) is 0 Å². The smallest absolute Gasteiger partial charge is 0.258 e. The molecule has 1 aliphatic heterocycles. The quantitative estimate of drug-likeness (QED) is 0.409. The first-order valence-corrected chi connectivity index (χ1v) is 13.0. The fourth-order valence-electron chi connectivity index (χ4n) is 4.41. The van der Waals surface area contributed by atoms with Gasteiger partial charge in [0.2, 0.25) is 10.0 Å². The fraction of sp³-hybridized carbons (Fsp3) is 0.185. The van der Waals surface area contributed by atoms with Crippen LogP contribution >= 0.6 is 0 Å². The van der Waals surface area contributed by atoms with Gasteiger partial charge in [-0.2, -0.15) is 0 Å². The van der Waals surface area contributed by atoms with Crippen molar-refractivity contribution in [1.82, 2.24) is 4.98 Å². The summed E-state index contributed by atoms with van der Waals surface area (Å²) in [6.07, 6.45) is 3.06. The van der Waals surface area contributed by atoms with Crippen LogP contribution in [-0.4, -0.2) is 31.6 Å². The second-order valence-electron chi connectivity index (χ2n) is 8.62. The Bertz CT molecular complexity index is 1550. The van der Waals surface area contributed by atoms with Crippen molar-refractivity contribution in [3.8, 4) is 11.3 Å². The lowest BCUT2D eigenvalue weighted by atomic mass is 9.99. The van der Waals surface area contributed by atoms with Crippen molar-refractivity contribution in [3.05, 3.63) is 89.9 Å². The van der Waals surface area contributed by atoms with Crippen molar-refractivity contribution in [2.45, 2.75) is 19.8 Å². The number of pyridine rings is 1. The van der Waals surface area contributed by atoms with Crippen LogP contribution in [0.5, 0.6) is 0 Å². The average Bonchev–Trinajstić information content (AvgIpc) is 2.84. The molecule has 1 aromatic heterocycles. The molecule has 1 N–H and O–H groups in total. The predicted molar refractivity (Wildman–Crippen MR) is 137 cm³/mol. The number of carbonyl (C=O) groups excluding carboxylic acids is 1. The first-order chi connectivity index (χ1) is 16.8. The summed E-state index contributed by atoms with van der Waals surface area (Å²) in [5.41, 5.74) is 3.24. The van der Waals surface area contributed by atoms with Gasteiger partial charge >= 0.3 is 0 Å². The van der Waals surface area contributed by atoms with Gasteiger partial charge in [0.1, 0.15) is 5.82 Å². The monoisotopic (exact) mass is 489 g/mol. The fourth-order valence-corrected chi connectivity index (χ4v) is 6.04. The molecule has 8 heteroatoms. The minimum Gasteiger partial charge on any atom is -0.322 e. The zero-order valence-corrected chi connectivity index (χ0v) is 20.0. The van der Waals surface area contributed by atoms with E-state index in [9.17, 15) is 17.6 Å². The summed E-state index contributed by atoms with van der Waals surface area (Å²) in [7, 11) is -3.47. The number of nitrogens with zero attached hydrogens (tertiary/aromatic N) is 2. The second-order valence-corrected chi connectivity index (χ2v) is 10.6. The van der Waals surface area contributed by atoms with E-state index in [1.807, 2.05) is 49.4 Å². The highest BCUT2D eigenvalue weighted by Crippen LogP contribution is 2.31. The van der Waals surface area contributed by atoms with Gasteiger partial charge in [-0.1, -0.05) is 30.3 Å². The number of nitrogens with one attached hydrogen (secondary N) is 1. The normalized spacial score (nSPS) is 15.2. The maximum Gasteiger partial charge on any atom is 0.258 e. The van der Waals surface area contributed by atoms with Crippen molar-refractivity contribution in [3.63, 3.8) is 0 Å². The van der Waals surface area contributed by atoms with Gasteiger partial charge in [-0.05, 0) is 67.1 Å². The van der Waals surface area contributed by atoms with Gasteiger partial charge in [-0.25, -0.2) is 12.8 Å². The molecule has 0 atom stereocenters. The number of sulfonamides is 1. The van der Waals surface area contributed by atoms with Crippen LogP contribution in [0.4, 0.5) is 15.8 Å². The summed E-state index contributed by atoms with van der Waals surface area (Å²) < 4.78 is 40.8. The summed E-state index contributed by atoms with van der Waals surface area (Å²) >= 11 is 0. The molecule has 0 aliphatic carbocycles. The number of hydrogen-bond acceptors (Lipinski definition) is 4. The Labute approximate surface area is 203 Å². The Morgan fingerprint density at radius 3 is 2.66 bits per heavy atom. The Morgan fingerprint density at radius 1 is 1.03 bits per heavy atom. The zero-order valence-electron chi connectivity index (χ0n) is 19.2. The molecule has 2 heterocycles. The SMILES string of the molecule is Cc1ccc(NC(=O)c2ccc(N3CCCCS3(=O)=O)cc2F)cc1-c1nccc2ccccc12. The van der Waals surface area contributed by atoms with Crippen LogP contribution in [0.1, 0.15) is 28.8 Å². The van der Waals surface area contributed by atoms with E-state index in [2.05, 4.69) is 10.3 Å². The number of fused-ring (bicyclic) bond motifs is 1. The molecule has 0 unspecified atom stereocenters. The van der Waals surface area contributed by atoms with Crippen molar-refractivity contribution >= 4 is 38.1 Å². The van der Waals surface area contributed by atoms with Crippen molar-refractivity contribution in [2.24, 2.45) is 0 Å². The lowest BCUT2D eigenvalue weighted by molar-refractivity contribution is 0.102. The van der Waals surface area contributed by atoms with E-state index in [0.29, 0.717) is 25.1 Å². The maximum atomic E-state index is 14.9. The number of anilines is 2. The minimum atomic E-state index is -3.47. The van der Waals surface area contributed by atoms with Crippen LogP contribution in [0, 0.1) is 12.7 Å². The highest BCUT2D eigenvalue weighted by atomic mass is 32.2. The third kappa shape index (κ3) is 4.49. The maximum absolute atomic E-state index is 14.9. The number of benzene rings is 3. The van der Waals surface area contributed by atoms with E-state index in [0.717, 1.165) is 33.7 Å². The largest absolute Gasteiger partial charge is 0.322 e. The van der Waals surface area contributed by atoms with Crippen LogP contribution < -0.4 is 9.62 Å². The van der Waals surface area contributed by atoms with Gasteiger partial charge in [0.25, 0.3) is 5.91 Å². The van der Waals surface area contributed by atoms with Crippen LogP contribution in [0.15, 0.2) is 72.9 Å². The topological polar surface area (TPSA) is 79.4 Å². The molecule has 1 fully saturated rings. The standard InChI is InChI=1S/C27H24FN3O3S/c1-18-8-9-20(16-24(18)26-22-7-3-2-6-19(22)12-13-29-26)30-27(32)23-11-10-21(17-25(23)28)31-14-4-5-15-35(31,33)34/h2-3,6-13,16-17H,4-5,14-15H2,1H3,(H,30,32). The van der Waals surface area contributed by atoms with Gasteiger partial charge in [-0.3, -0.25) is 14.1 Å². The second kappa shape index (κ2) is 9.11. The molecule has 35 heavy (non-hydrogen) atoms. The van der Waals surface area contributed by atoms with E-state index in [4.69, 9.17) is 0 Å². The van der Waals surface area contributed by atoms with E-state index >= 15 is 0 Å². The Hall–Kier alpha value is -3.78. The molecule has 4 aromatic rings. The van der Waals surface area contributed by atoms with Gasteiger partial charge in [0.15, 0.2) is 0 Å². The summed E-state index contributed by atoms with van der Waals surface area (Å²) in [5.74, 6) is -1.35. The Kier molecular flexibility index (Phi) is 5.98. The Morgan fingerprint density at radius 2 is 1.86 bits per heavy atom. The molecule has 3 aromatic carbocycles. The van der Waals surface area contributed by atoms with E-state index in [-0.39, 0.29) is 17.0 Å². The van der Waals surface area contributed by atoms with Gasteiger partial charge in [0.05, 0.1) is 22.7 Å². The Balaban J connectivity index is 1.43. The molecule has 1 amide bonds. The lowest BCUT2D eigenvalue weighted by Gasteiger charge is -2.28. The van der Waals surface area contributed by atoms with Crippen LogP contribution in [0.2, 0.25) is 0 Å². The van der Waals surface area contributed by atoms with Gasteiger partial charge in [0, 0.05) is 29.4 Å². The van der Waals surface area contributed by atoms with Gasteiger partial charge < -0.3 is 5.32 Å². The predicted octanol–water partition coefficient (Wildman–Crippen LogP) is 5.53. The summed E-state index contributed by atoms with van der Waals surface area (Å²) in [6, 6.07) is 19.3. The molecular formula is C27H24FN3O3S. The molecule has 0 saturated carbocycles. The highest BCUT2D eigenvalue weighted by molar-refractivity contribution is 7.92. The molecule has 178 valence electrons. The zero-order chi connectivity index (χ0) is 24.6. The molecule has 1 aliphatic rings. The number of carbonyl (C=O) groups is 1. The molecular weight excluding hydrogens is 465 g/mol. The molecule has 0 spiro atoms. The summed E-state index contributed by atoms with van der Waals surface area (Å²) in [6.45, 7) is 2.28. The molecule has 0 bridgehead atoms. The highest BCUT2D eigenvalue weighted by Gasteiger charge is 2.27. The molecule has 6 nitrogen and oxygen atoms in total. The van der Waals surface area contributed by atoms with Crippen LogP contribution in [0.3, 0.4) is 0 Å². The van der Waals surface area contributed by atoms with E-state index < -0.39 is 21.7 Å². The minimum absolute atomic E-state index is 0.0399. The number of hydrogen-bond donors (Lipinski definition) is 1. The molecule has 1 saturated heterocycles. The first-order valence-electron chi connectivity index (χ1n) is 11.4. The third-order valence-corrected chi connectivity index (χ3v) is 8.13. The molecule has 0 radical (unpaired) electrons. The van der Waals surface area contributed by atoms with Crippen LogP contribution in [-0.2, 0) is 10.0 Å². The number of halogens is 1. The number of aromatic nitrogens is 1. The summed E-state index contributed by atoms with van der Waals surface area (Å²) in [4.78, 5) is 17.5. The summed E-state index contributed by atoms with van der Waals surface area (Å²) in [5, 5.41) is 4.82. The number of amides is 1.